The van der Waals surface area contributed by atoms with Crippen LogP contribution in [0.25, 0.3) is 33.3 Å². The highest BCUT2D eigenvalue weighted by Gasteiger charge is 2.26. The third kappa shape index (κ3) is 5.58. The molecule has 9 nitrogen and oxygen atoms in total. The summed E-state index contributed by atoms with van der Waals surface area (Å²) in [6.45, 7) is 2.08. The van der Waals surface area contributed by atoms with Crippen LogP contribution in [0.1, 0.15) is 51.9 Å². The lowest BCUT2D eigenvalue weighted by Gasteiger charge is -2.31. The third-order valence-electron chi connectivity index (χ3n) is 7.37. The summed E-state index contributed by atoms with van der Waals surface area (Å²) in [4.78, 5) is 25.3. The number of nitrogens with zero attached hydrogens (tertiary/aromatic N) is 3. The minimum absolute atomic E-state index is 0.0127. The number of hydrogen-bond acceptors (Lipinski definition) is 6. The molecule has 0 aliphatic heterocycles. The largest absolute Gasteiger partial charge is 0.367 e. The van der Waals surface area contributed by atoms with Gasteiger partial charge in [-0.05, 0) is 50.7 Å². The number of aryl methyl sites for hydroxylation is 1. The zero-order valence-electron chi connectivity index (χ0n) is 22.2. The van der Waals surface area contributed by atoms with E-state index in [1.54, 1.807) is 12.4 Å². The maximum Gasteiger partial charge on any atom is 0.248 e. The van der Waals surface area contributed by atoms with Gasteiger partial charge in [-0.25, -0.2) is 18.7 Å². The summed E-state index contributed by atoms with van der Waals surface area (Å²) in [6.07, 6.45) is 11.1. The van der Waals surface area contributed by atoms with Crippen LogP contribution < -0.4 is 21.9 Å². The van der Waals surface area contributed by atoms with Crippen LogP contribution in [-0.2, 0) is 11.8 Å². The Morgan fingerprint density at radius 3 is 2.85 bits per heavy atom. The number of rotatable bonds is 9. The molecule has 2 unspecified atom stereocenters. The number of benzene rings is 1. The predicted molar refractivity (Wildman–Crippen MR) is 148 cm³/mol. The first kappa shape index (κ1) is 26.6. The fraction of sp³-hybridized carbons (Fsp3) is 0.393. The second-order valence-electron chi connectivity index (χ2n) is 10.2. The maximum atomic E-state index is 14.3. The molecule has 1 fully saturated rings. The van der Waals surface area contributed by atoms with Gasteiger partial charge in [0.15, 0.2) is 5.82 Å². The fourth-order valence-electron chi connectivity index (χ4n) is 5.35. The second-order valence-corrected chi connectivity index (χ2v) is 10.2. The Morgan fingerprint density at radius 2 is 2.05 bits per heavy atom. The van der Waals surface area contributed by atoms with Gasteiger partial charge in [0.2, 0.25) is 5.91 Å². The van der Waals surface area contributed by atoms with Crippen molar-refractivity contribution in [2.24, 2.45) is 12.9 Å². The number of aromatic amines is 1. The molecule has 11 heteroatoms. The summed E-state index contributed by atoms with van der Waals surface area (Å²) in [5.74, 6) is 5.04. The molecule has 0 bridgehead atoms. The molecule has 0 radical (unpaired) electrons. The van der Waals surface area contributed by atoms with Crippen LogP contribution in [0.15, 0.2) is 42.4 Å². The van der Waals surface area contributed by atoms with Crippen molar-refractivity contribution in [1.82, 2.24) is 30.3 Å². The number of aromatic nitrogens is 4. The number of unbranched alkanes of at least 4 members (excludes halogenated alkanes) is 1. The molecule has 3 aromatic heterocycles. The minimum Gasteiger partial charge on any atom is -0.367 e. The topological polar surface area (TPSA) is 126 Å². The molecule has 39 heavy (non-hydrogen) atoms. The first-order valence-electron chi connectivity index (χ1n) is 13.4. The predicted octanol–water partition coefficient (Wildman–Crippen LogP) is 4.77. The van der Waals surface area contributed by atoms with Gasteiger partial charge in [-0.15, -0.1) is 0 Å². The van der Waals surface area contributed by atoms with Crippen molar-refractivity contribution >= 4 is 33.7 Å². The average molecular weight is 537 g/mol. The number of halogens is 2. The number of carbonyl (C=O) groups excluding carboxylic acids is 1. The number of anilines is 1. The van der Waals surface area contributed by atoms with Gasteiger partial charge in [0.25, 0.3) is 0 Å². The summed E-state index contributed by atoms with van der Waals surface area (Å²) < 4.78 is 30.3. The molecule has 1 amide bonds. The molecule has 1 aliphatic rings. The van der Waals surface area contributed by atoms with Crippen LogP contribution in [0.4, 0.5) is 14.6 Å². The van der Waals surface area contributed by atoms with Gasteiger partial charge < -0.3 is 25.6 Å². The number of hydrogen-bond donors (Lipinski definition) is 5. The highest BCUT2D eigenvalue weighted by molar-refractivity contribution is 5.97. The number of H-pyrrole nitrogens is 1. The number of amides is 1. The standard InChI is InChI=1S/C28H34F2N8O/c1-3-4-6-16(14-33-31)28(39)35-19-8-5-7-18(13-19)34-25-20-9-10-38(2)27(20)37-26(36-25)22-15-32-24-21(22)11-17(29)12-23(24)30/h9-12,14-15,18-19,32-33H,3-8,13,31H2,1-2H3,(H,35,39)(H,34,36,37)/b16-14+. The van der Waals surface area contributed by atoms with Crippen molar-refractivity contribution < 1.29 is 13.6 Å². The SMILES string of the molecule is CCCC/C(=C\NN)C(=O)NC1CCCC(Nc2nc(-c3c[nH]c4c(F)cc(F)cc34)nc3c2ccn3C)C1. The number of nitrogens with one attached hydrogen (secondary N) is 4. The Hall–Kier alpha value is -3.99. The van der Waals surface area contributed by atoms with E-state index in [2.05, 4.69) is 28.0 Å². The van der Waals surface area contributed by atoms with E-state index < -0.39 is 11.6 Å². The summed E-state index contributed by atoms with van der Waals surface area (Å²) in [6, 6.07) is 4.17. The van der Waals surface area contributed by atoms with Crippen LogP contribution in [0, 0.1) is 11.6 Å². The molecule has 4 aromatic rings. The monoisotopic (exact) mass is 536 g/mol. The normalized spacial score (nSPS) is 18.0. The summed E-state index contributed by atoms with van der Waals surface area (Å²) >= 11 is 0. The van der Waals surface area contributed by atoms with Gasteiger partial charge in [-0.2, -0.15) is 0 Å². The number of nitrogens with two attached hydrogens (primary N) is 1. The Kier molecular flexibility index (Phi) is 7.78. The highest BCUT2D eigenvalue weighted by Crippen LogP contribution is 2.33. The van der Waals surface area contributed by atoms with E-state index in [-0.39, 0.29) is 23.5 Å². The molecular weight excluding hydrogens is 502 g/mol. The molecule has 1 saturated carbocycles. The van der Waals surface area contributed by atoms with Crippen LogP contribution in [0.3, 0.4) is 0 Å². The van der Waals surface area contributed by atoms with Gasteiger partial charge >= 0.3 is 0 Å². The van der Waals surface area contributed by atoms with E-state index in [9.17, 15) is 13.6 Å². The van der Waals surface area contributed by atoms with Crippen LogP contribution in [0.2, 0.25) is 0 Å². The quantitative estimate of drug-likeness (QED) is 0.119. The van der Waals surface area contributed by atoms with Crippen molar-refractivity contribution in [3.8, 4) is 11.4 Å². The zero-order chi connectivity index (χ0) is 27.5. The van der Waals surface area contributed by atoms with Crippen molar-refractivity contribution in [3.63, 3.8) is 0 Å². The molecule has 2 atom stereocenters. The molecule has 1 aliphatic carbocycles. The smallest absolute Gasteiger partial charge is 0.248 e. The van der Waals surface area contributed by atoms with E-state index in [4.69, 9.17) is 15.8 Å². The van der Waals surface area contributed by atoms with Gasteiger partial charge in [-0.3, -0.25) is 10.6 Å². The van der Waals surface area contributed by atoms with Gasteiger partial charge in [0, 0.05) is 60.3 Å². The first-order valence-corrected chi connectivity index (χ1v) is 13.4. The molecular formula is C28H34F2N8O. The molecule has 6 N–H and O–H groups in total. The number of carbonyl (C=O) groups is 1. The number of fused-ring (bicyclic) bond motifs is 2. The minimum atomic E-state index is -0.667. The third-order valence-corrected chi connectivity index (χ3v) is 7.37. The van der Waals surface area contributed by atoms with Crippen LogP contribution in [0.5, 0.6) is 0 Å². The van der Waals surface area contributed by atoms with Crippen LogP contribution in [-0.4, -0.2) is 37.5 Å². The Bertz CT molecular complexity index is 1530. The van der Waals surface area contributed by atoms with Crippen molar-refractivity contribution in [2.75, 3.05) is 5.32 Å². The van der Waals surface area contributed by atoms with Crippen molar-refractivity contribution in [2.45, 2.75) is 64.0 Å². The highest BCUT2D eigenvalue weighted by atomic mass is 19.1. The van der Waals surface area contributed by atoms with Crippen LogP contribution >= 0.6 is 0 Å². The maximum absolute atomic E-state index is 14.3. The fourth-order valence-corrected chi connectivity index (χ4v) is 5.35. The summed E-state index contributed by atoms with van der Waals surface area (Å²) in [5.41, 5.74) is 4.57. The Labute approximate surface area is 225 Å². The Balaban J connectivity index is 1.40. The van der Waals surface area contributed by atoms with E-state index in [0.717, 1.165) is 50.0 Å². The molecule has 5 rings (SSSR count). The van der Waals surface area contributed by atoms with E-state index >= 15 is 0 Å². The van der Waals surface area contributed by atoms with Crippen molar-refractivity contribution in [1.29, 1.82) is 0 Å². The molecule has 0 saturated heterocycles. The molecule has 3 heterocycles. The second kappa shape index (κ2) is 11.4. The zero-order valence-corrected chi connectivity index (χ0v) is 22.2. The Morgan fingerprint density at radius 1 is 1.23 bits per heavy atom. The van der Waals surface area contributed by atoms with Crippen molar-refractivity contribution in [3.05, 3.63) is 54.0 Å². The average Bonchev–Trinajstić information content (AvgIpc) is 3.50. The van der Waals surface area contributed by atoms with E-state index in [0.29, 0.717) is 40.2 Å². The van der Waals surface area contributed by atoms with E-state index in [1.807, 2.05) is 23.9 Å². The lowest BCUT2D eigenvalue weighted by Crippen LogP contribution is -2.42. The molecule has 0 spiro atoms. The van der Waals surface area contributed by atoms with Gasteiger partial charge in [0.1, 0.15) is 23.1 Å². The van der Waals surface area contributed by atoms with E-state index in [1.165, 1.54) is 6.07 Å². The van der Waals surface area contributed by atoms with Gasteiger partial charge in [0.05, 0.1) is 10.9 Å². The first-order chi connectivity index (χ1) is 18.9. The summed E-state index contributed by atoms with van der Waals surface area (Å²) in [7, 11) is 1.89. The van der Waals surface area contributed by atoms with Gasteiger partial charge in [-0.1, -0.05) is 13.3 Å². The summed E-state index contributed by atoms with van der Waals surface area (Å²) in [5, 5.41) is 7.99. The lowest BCUT2D eigenvalue weighted by molar-refractivity contribution is -0.118. The number of hydrazine groups is 1. The molecule has 206 valence electrons. The lowest BCUT2D eigenvalue weighted by atomic mass is 9.90. The molecule has 1 aromatic carbocycles.